The highest BCUT2D eigenvalue weighted by atomic mass is 19.4. The summed E-state index contributed by atoms with van der Waals surface area (Å²) in [6.07, 6.45) is -4.46. The van der Waals surface area contributed by atoms with Gasteiger partial charge in [-0.15, -0.1) is 0 Å². The van der Waals surface area contributed by atoms with E-state index in [0.29, 0.717) is 0 Å². The largest absolute Gasteiger partial charge is 0.416 e. The van der Waals surface area contributed by atoms with Crippen molar-refractivity contribution in [3.8, 4) is 5.75 Å². The molecule has 0 aliphatic rings. The smallest absolute Gasteiger partial charge is 0.287 e. The van der Waals surface area contributed by atoms with E-state index in [0.717, 1.165) is 13.0 Å². The zero-order chi connectivity index (χ0) is 12.3. The van der Waals surface area contributed by atoms with E-state index in [4.69, 9.17) is 0 Å². The van der Waals surface area contributed by atoms with Gasteiger partial charge in [0.05, 0.1) is 5.56 Å². The third kappa shape index (κ3) is 2.88. The highest BCUT2D eigenvalue weighted by Crippen LogP contribution is 2.35. The summed E-state index contributed by atoms with van der Waals surface area (Å²) in [4.78, 5) is 19.1. The first-order chi connectivity index (χ1) is 7.32. The molecule has 0 aromatic heterocycles. The van der Waals surface area contributed by atoms with E-state index < -0.39 is 17.7 Å². The van der Waals surface area contributed by atoms with Gasteiger partial charge in [0, 0.05) is 12.5 Å². The van der Waals surface area contributed by atoms with Crippen molar-refractivity contribution in [1.82, 2.24) is 0 Å². The summed E-state index contributed by atoms with van der Waals surface area (Å²) in [6, 6.07) is 3.39. The molecule has 0 radical (unpaired) electrons. The first-order valence-corrected chi connectivity index (χ1v) is 4.34. The van der Waals surface area contributed by atoms with Crippen LogP contribution in [-0.2, 0) is 15.9 Å². The first-order valence-electron chi connectivity index (χ1n) is 4.34. The average molecular weight is 234 g/mol. The Kier molecular flexibility index (Phi) is 3.41. The zero-order valence-electron chi connectivity index (χ0n) is 8.59. The molecule has 0 spiro atoms. The number of carbonyl (C=O) groups excluding carboxylic acids is 1. The standard InChI is InChI=1S/C10H9F3O3/c1-6-8(10(11,12)13)4-3-5-9(6)16-15-7(2)14/h3-5H,1-2H3. The molecule has 0 N–H and O–H groups in total. The van der Waals surface area contributed by atoms with Crippen molar-refractivity contribution in [3.05, 3.63) is 29.3 Å². The third-order valence-corrected chi connectivity index (χ3v) is 1.84. The molecule has 6 heteroatoms. The van der Waals surface area contributed by atoms with Gasteiger partial charge < -0.3 is 0 Å². The van der Waals surface area contributed by atoms with Crippen LogP contribution in [0.3, 0.4) is 0 Å². The number of benzene rings is 1. The predicted molar refractivity (Wildman–Crippen MR) is 48.6 cm³/mol. The van der Waals surface area contributed by atoms with Crippen LogP contribution in [0.5, 0.6) is 5.75 Å². The molecule has 1 aromatic carbocycles. The van der Waals surface area contributed by atoms with E-state index in [1.54, 1.807) is 0 Å². The lowest BCUT2D eigenvalue weighted by molar-refractivity contribution is -0.211. The number of halogens is 3. The molecule has 88 valence electrons. The quantitative estimate of drug-likeness (QED) is 0.583. The predicted octanol–water partition coefficient (Wildman–Crippen LogP) is 2.87. The summed E-state index contributed by atoms with van der Waals surface area (Å²) in [5, 5.41) is 0. The fraction of sp³-hybridized carbons (Fsp3) is 0.300. The average Bonchev–Trinajstić information content (AvgIpc) is 2.14. The second-order valence-corrected chi connectivity index (χ2v) is 3.08. The van der Waals surface area contributed by atoms with Crippen LogP contribution in [0.25, 0.3) is 0 Å². The Morgan fingerprint density at radius 3 is 2.44 bits per heavy atom. The number of rotatable bonds is 2. The number of carbonyl (C=O) groups is 1. The minimum atomic E-state index is -4.46. The lowest BCUT2D eigenvalue weighted by atomic mass is 10.1. The Morgan fingerprint density at radius 2 is 1.94 bits per heavy atom. The molecule has 0 saturated carbocycles. The van der Waals surface area contributed by atoms with Crippen molar-refractivity contribution in [1.29, 1.82) is 0 Å². The van der Waals surface area contributed by atoms with Crippen LogP contribution >= 0.6 is 0 Å². The zero-order valence-corrected chi connectivity index (χ0v) is 8.59. The third-order valence-electron chi connectivity index (χ3n) is 1.84. The van der Waals surface area contributed by atoms with Gasteiger partial charge in [0.2, 0.25) is 0 Å². The summed E-state index contributed by atoms with van der Waals surface area (Å²) in [6.45, 7) is 2.32. The summed E-state index contributed by atoms with van der Waals surface area (Å²) >= 11 is 0. The molecular formula is C10H9F3O3. The summed E-state index contributed by atoms with van der Waals surface area (Å²) in [7, 11) is 0. The number of hydrogen-bond acceptors (Lipinski definition) is 3. The Balaban J connectivity index is 3.00. The summed E-state index contributed by atoms with van der Waals surface area (Å²) in [5.74, 6) is -0.873. The maximum absolute atomic E-state index is 12.5. The minimum Gasteiger partial charge on any atom is -0.287 e. The van der Waals surface area contributed by atoms with Crippen LogP contribution in [0.2, 0.25) is 0 Å². The highest BCUT2D eigenvalue weighted by Gasteiger charge is 2.33. The van der Waals surface area contributed by atoms with Gasteiger partial charge in [0.25, 0.3) is 0 Å². The Bertz CT molecular complexity index is 399. The van der Waals surface area contributed by atoms with E-state index in [1.165, 1.54) is 19.1 Å². The van der Waals surface area contributed by atoms with E-state index >= 15 is 0 Å². The van der Waals surface area contributed by atoms with Crippen molar-refractivity contribution < 1.29 is 27.7 Å². The van der Waals surface area contributed by atoms with Gasteiger partial charge in [0.1, 0.15) is 0 Å². The van der Waals surface area contributed by atoms with Crippen LogP contribution < -0.4 is 4.89 Å². The molecule has 0 unspecified atom stereocenters. The fourth-order valence-corrected chi connectivity index (χ4v) is 1.12. The molecule has 0 aliphatic heterocycles. The number of hydrogen-bond donors (Lipinski definition) is 0. The molecular weight excluding hydrogens is 225 g/mol. The van der Waals surface area contributed by atoms with Crippen LogP contribution in [0.15, 0.2) is 18.2 Å². The Labute approximate surface area is 89.7 Å². The van der Waals surface area contributed by atoms with E-state index in [9.17, 15) is 18.0 Å². The van der Waals surface area contributed by atoms with Gasteiger partial charge in [-0.2, -0.15) is 13.2 Å². The molecule has 0 atom stereocenters. The Hall–Kier alpha value is -1.72. The number of alkyl halides is 3. The molecule has 0 heterocycles. The van der Waals surface area contributed by atoms with Crippen molar-refractivity contribution in [3.63, 3.8) is 0 Å². The van der Waals surface area contributed by atoms with Crippen LogP contribution in [-0.4, -0.2) is 5.97 Å². The molecule has 3 nitrogen and oxygen atoms in total. The highest BCUT2D eigenvalue weighted by molar-refractivity contribution is 5.65. The van der Waals surface area contributed by atoms with Crippen molar-refractivity contribution in [2.45, 2.75) is 20.0 Å². The Morgan fingerprint density at radius 1 is 1.31 bits per heavy atom. The summed E-state index contributed by atoms with van der Waals surface area (Å²) in [5.41, 5.74) is -0.951. The maximum atomic E-state index is 12.5. The van der Waals surface area contributed by atoms with E-state index in [1.807, 2.05) is 0 Å². The monoisotopic (exact) mass is 234 g/mol. The normalized spacial score (nSPS) is 11.1. The molecule has 0 fully saturated rings. The second-order valence-electron chi connectivity index (χ2n) is 3.08. The molecule has 16 heavy (non-hydrogen) atoms. The van der Waals surface area contributed by atoms with E-state index in [2.05, 4.69) is 9.78 Å². The van der Waals surface area contributed by atoms with Crippen LogP contribution in [0, 0.1) is 6.92 Å². The lowest BCUT2D eigenvalue weighted by Crippen LogP contribution is -2.10. The summed E-state index contributed by atoms with van der Waals surface area (Å²) < 4.78 is 37.4. The van der Waals surface area contributed by atoms with Gasteiger partial charge in [0.15, 0.2) is 5.75 Å². The second kappa shape index (κ2) is 4.42. The van der Waals surface area contributed by atoms with Gasteiger partial charge in [-0.3, -0.25) is 9.78 Å². The van der Waals surface area contributed by atoms with Crippen molar-refractivity contribution >= 4 is 5.97 Å². The van der Waals surface area contributed by atoms with Crippen molar-refractivity contribution in [2.75, 3.05) is 0 Å². The molecule has 0 amide bonds. The van der Waals surface area contributed by atoms with Crippen LogP contribution in [0.4, 0.5) is 13.2 Å². The topological polar surface area (TPSA) is 35.5 Å². The van der Waals surface area contributed by atoms with Crippen molar-refractivity contribution in [2.24, 2.45) is 0 Å². The maximum Gasteiger partial charge on any atom is 0.416 e. The lowest BCUT2D eigenvalue weighted by Gasteiger charge is -2.12. The van der Waals surface area contributed by atoms with Gasteiger partial charge >= 0.3 is 12.1 Å². The molecule has 0 bridgehead atoms. The van der Waals surface area contributed by atoms with Gasteiger partial charge in [-0.05, 0) is 19.1 Å². The van der Waals surface area contributed by atoms with Gasteiger partial charge in [-0.25, -0.2) is 4.79 Å². The first kappa shape index (κ1) is 12.4. The molecule has 0 saturated heterocycles. The van der Waals surface area contributed by atoms with Gasteiger partial charge in [-0.1, -0.05) is 6.07 Å². The van der Waals surface area contributed by atoms with Crippen LogP contribution in [0.1, 0.15) is 18.1 Å². The molecule has 0 aliphatic carbocycles. The molecule has 1 aromatic rings. The molecule has 1 rings (SSSR count). The van der Waals surface area contributed by atoms with E-state index in [-0.39, 0.29) is 11.3 Å². The SMILES string of the molecule is CC(=O)OOc1cccc(C(F)(F)F)c1C. The fourth-order valence-electron chi connectivity index (χ4n) is 1.12. The minimum absolute atomic E-state index is 0.128.